The van der Waals surface area contributed by atoms with Gasteiger partial charge in [-0.3, -0.25) is 0 Å². The van der Waals surface area contributed by atoms with Gasteiger partial charge in [-0.15, -0.1) is 0 Å². The van der Waals surface area contributed by atoms with Crippen LogP contribution in [0.5, 0.6) is 5.75 Å². The monoisotopic (exact) mass is 248 g/mol. The summed E-state index contributed by atoms with van der Waals surface area (Å²) in [6.07, 6.45) is 0. The van der Waals surface area contributed by atoms with Crippen LogP contribution in [-0.4, -0.2) is 17.7 Å². The Labute approximate surface area is 103 Å². The Hall–Kier alpha value is -2.30. The number of rotatable bonds is 2. The van der Waals surface area contributed by atoms with Crippen LogP contribution >= 0.6 is 0 Å². The van der Waals surface area contributed by atoms with E-state index in [-0.39, 0.29) is 23.5 Å². The zero-order valence-corrected chi connectivity index (χ0v) is 10.0. The number of ether oxygens (including phenoxy) is 1. The summed E-state index contributed by atoms with van der Waals surface area (Å²) < 4.78 is 9.82. The SMILES string of the molecule is CCOC(=O)c1c(C)c2ccc(O)cc2oc1=O. The molecule has 1 N–H and O–H groups in total. The van der Waals surface area contributed by atoms with Gasteiger partial charge in [0.1, 0.15) is 16.9 Å². The highest BCUT2D eigenvalue weighted by atomic mass is 16.5. The van der Waals surface area contributed by atoms with Crippen LogP contribution in [0.1, 0.15) is 22.8 Å². The fourth-order valence-corrected chi connectivity index (χ4v) is 1.78. The first-order valence-electron chi connectivity index (χ1n) is 5.48. The number of carbonyl (C=O) groups excluding carboxylic acids is 1. The smallest absolute Gasteiger partial charge is 0.351 e. The van der Waals surface area contributed by atoms with Gasteiger partial charge in [0, 0.05) is 11.5 Å². The molecule has 0 amide bonds. The first-order valence-corrected chi connectivity index (χ1v) is 5.48. The first-order chi connectivity index (χ1) is 8.54. The molecular formula is C13H12O5. The molecule has 0 saturated heterocycles. The average molecular weight is 248 g/mol. The lowest BCUT2D eigenvalue weighted by Gasteiger charge is -2.06. The molecule has 0 atom stereocenters. The van der Waals surface area contributed by atoms with E-state index in [1.165, 1.54) is 12.1 Å². The first kappa shape index (κ1) is 12.2. The summed E-state index contributed by atoms with van der Waals surface area (Å²) in [5, 5.41) is 9.91. The number of phenolic OH excluding ortho intramolecular Hbond substituents is 1. The van der Waals surface area contributed by atoms with Gasteiger partial charge in [0.15, 0.2) is 0 Å². The third-order valence-corrected chi connectivity index (χ3v) is 2.63. The average Bonchev–Trinajstić information content (AvgIpc) is 2.28. The molecule has 0 aliphatic carbocycles. The van der Waals surface area contributed by atoms with Gasteiger partial charge in [0.2, 0.25) is 0 Å². The molecule has 0 saturated carbocycles. The second kappa shape index (κ2) is 4.52. The number of hydrogen-bond donors (Lipinski definition) is 1. The van der Waals surface area contributed by atoms with Gasteiger partial charge in [0.25, 0.3) is 0 Å². The molecule has 0 aliphatic rings. The van der Waals surface area contributed by atoms with Crippen LogP contribution in [-0.2, 0) is 4.74 Å². The third-order valence-electron chi connectivity index (χ3n) is 2.63. The molecule has 0 bridgehead atoms. The highest BCUT2D eigenvalue weighted by Crippen LogP contribution is 2.23. The molecule has 0 unspecified atom stereocenters. The van der Waals surface area contributed by atoms with Crippen LogP contribution in [0.2, 0.25) is 0 Å². The van der Waals surface area contributed by atoms with Gasteiger partial charge in [-0.2, -0.15) is 0 Å². The Kier molecular flexibility index (Phi) is 3.06. The second-order valence-corrected chi connectivity index (χ2v) is 3.79. The Morgan fingerprint density at radius 1 is 1.44 bits per heavy atom. The normalized spacial score (nSPS) is 10.6. The molecule has 2 rings (SSSR count). The lowest BCUT2D eigenvalue weighted by molar-refractivity contribution is 0.0521. The zero-order chi connectivity index (χ0) is 13.3. The maximum Gasteiger partial charge on any atom is 0.351 e. The maximum absolute atomic E-state index is 11.7. The van der Waals surface area contributed by atoms with Gasteiger partial charge in [-0.1, -0.05) is 0 Å². The Balaban J connectivity index is 2.73. The van der Waals surface area contributed by atoms with Crippen LogP contribution in [0.25, 0.3) is 11.0 Å². The molecule has 0 aliphatic heterocycles. The minimum atomic E-state index is -0.760. The lowest BCUT2D eigenvalue weighted by atomic mass is 10.1. The van der Waals surface area contributed by atoms with Gasteiger partial charge in [-0.25, -0.2) is 9.59 Å². The van der Waals surface area contributed by atoms with Crippen molar-refractivity contribution in [2.75, 3.05) is 6.61 Å². The summed E-state index contributed by atoms with van der Waals surface area (Å²) in [6, 6.07) is 4.38. The zero-order valence-electron chi connectivity index (χ0n) is 10.0. The maximum atomic E-state index is 11.7. The van der Waals surface area contributed by atoms with E-state index in [0.717, 1.165) is 0 Å². The Morgan fingerprint density at radius 2 is 2.17 bits per heavy atom. The highest BCUT2D eigenvalue weighted by molar-refractivity contribution is 5.96. The number of carbonyl (C=O) groups is 1. The van der Waals surface area contributed by atoms with Crippen molar-refractivity contribution in [2.45, 2.75) is 13.8 Å². The van der Waals surface area contributed by atoms with Crippen molar-refractivity contribution in [1.82, 2.24) is 0 Å². The standard InChI is InChI=1S/C13H12O5/c1-3-17-12(15)11-7(2)9-5-4-8(14)6-10(9)18-13(11)16/h4-6,14H,3H2,1-2H3. The second-order valence-electron chi connectivity index (χ2n) is 3.79. The predicted octanol–water partition coefficient (Wildman–Crippen LogP) is 1.98. The summed E-state index contributed by atoms with van der Waals surface area (Å²) in [5.74, 6) is -0.701. The molecule has 0 spiro atoms. The van der Waals surface area contributed by atoms with Crippen LogP contribution in [0.3, 0.4) is 0 Å². The topological polar surface area (TPSA) is 76.7 Å². The van der Waals surface area contributed by atoms with E-state index in [0.29, 0.717) is 10.9 Å². The summed E-state index contributed by atoms with van der Waals surface area (Å²) in [4.78, 5) is 23.4. The van der Waals surface area contributed by atoms with Crippen molar-refractivity contribution in [3.8, 4) is 5.75 Å². The van der Waals surface area contributed by atoms with Crippen molar-refractivity contribution in [1.29, 1.82) is 0 Å². The van der Waals surface area contributed by atoms with Gasteiger partial charge >= 0.3 is 11.6 Å². The van der Waals surface area contributed by atoms with Gasteiger partial charge in [0.05, 0.1) is 6.61 Å². The third kappa shape index (κ3) is 1.95. The molecule has 0 radical (unpaired) electrons. The molecule has 5 nitrogen and oxygen atoms in total. The van der Waals surface area contributed by atoms with Crippen LogP contribution in [0, 0.1) is 6.92 Å². The largest absolute Gasteiger partial charge is 0.508 e. The van der Waals surface area contributed by atoms with E-state index in [1.54, 1.807) is 19.9 Å². The van der Waals surface area contributed by atoms with Crippen LogP contribution in [0.15, 0.2) is 27.4 Å². The number of benzene rings is 1. The summed E-state index contributed by atoms with van der Waals surface area (Å²) in [5.41, 5.74) is -0.135. The summed E-state index contributed by atoms with van der Waals surface area (Å²) in [6.45, 7) is 3.49. The van der Waals surface area contributed by atoms with Crippen molar-refractivity contribution in [3.63, 3.8) is 0 Å². The number of aryl methyl sites for hydroxylation is 1. The van der Waals surface area contributed by atoms with Crippen molar-refractivity contribution in [2.24, 2.45) is 0 Å². The van der Waals surface area contributed by atoms with Crippen LogP contribution < -0.4 is 5.63 Å². The quantitative estimate of drug-likeness (QED) is 0.649. The van der Waals surface area contributed by atoms with E-state index in [9.17, 15) is 14.7 Å². The van der Waals surface area contributed by atoms with Crippen molar-refractivity contribution in [3.05, 3.63) is 39.7 Å². The molecule has 2 aromatic rings. The molecule has 1 aromatic heterocycles. The molecule has 94 valence electrons. The number of aromatic hydroxyl groups is 1. The molecule has 18 heavy (non-hydrogen) atoms. The lowest BCUT2D eigenvalue weighted by Crippen LogP contribution is -2.18. The molecular weight excluding hydrogens is 236 g/mol. The van der Waals surface area contributed by atoms with E-state index in [1.807, 2.05) is 0 Å². The Bertz CT molecular complexity index is 669. The number of hydrogen-bond acceptors (Lipinski definition) is 5. The fourth-order valence-electron chi connectivity index (χ4n) is 1.78. The van der Waals surface area contributed by atoms with E-state index >= 15 is 0 Å². The molecule has 0 fully saturated rings. The minimum Gasteiger partial charge on any atom is -0.508 e. The Morgan fingerprint density at radius 3 is 2.83 bits per heavy atom. The highest BCUT2D eigenvalue weighted by Gasteiger charge is 2.19. The van der Waals surface area contributed by atoms with Crippen LogP contribution in [0.4, 0.5) is 0 Å². The van der Waals surface area contributed by atoms with Gasteiger partial charge < -0.3 is 14.3 Å². The van der Waals surface area contributed by atoms with Crippen molar-refractivity contribution < 1.29 is 19.1 Å². The number of fused-ring (bicyclic) bond motifs is 1. The van der Waals surface area contributed by atoms with Crippen molar-refractivity contribution >= 4 is 16.9 Å². The van der Waals surface area contributed by atoms with Gasteiger partial charge in [-0.05, 0) is 31.5 Å². The predicted molar refractivity (Wildman–Crippen MR) is 64.8 cm³/mol. The fraction of sp³-hybridized carbons (Fsp3) is 0.231. The summed E-state index contributed by atoms with van der Waals surface area (Å²) in [7, 11) is 0. The number of phenols is 1. The molecule has 5 heteroatoms. The minimum absolute atomic E-state index is 0.00562. The number of esters is 1. The molecule has 1 heterocycles. The summed E-state index contributed by atoms with van der Waals surface area (Å²) >= 11 is 0. The van der Waals surface area contributed by atoms with E-state index in [2.05, 4.69) is 0 Å². The van der Waals surface area contributed by atoms with E-state index in [4.69, 9.17) is 9.15 Å². The van der Waals surface area contributed by atoms with E-state index < -0.39 is 11.6 Å². The molecule has 1 aromatic carbocycles.